The standard InChI is InChI=1S/C15H21BrN2O.ClH/c1-11-10-12(2-4-14(11)16)3-5-15(19)18-8-6-13(17)7-9-18;/h2,4,10,13H,3,5-9,17H2,1H3;1H. The van der Waals surface area contributed by atoms with E-state index in [-0.39, 0.29) is 24.4 Å². The van der Waals surface area contributed by atoms with Crippen molar-refractivity contribution in [3.63, 3.8) is 0 Å². The molecule has 2 rings (SSSR count). The molecule has 0 aliphatic carbocycles. The minimum atomic E-state index is 0. The van der Waals surface area contributed by atoms with Gasteiger partial charge in [-0.3, -0.25) is 4.79 Å². The van der Waals surface area contributed by atoms with Gasteiger partial charge in [0.05, 0.1) is 0 Å². The highest BCUT2D eigenvalue weighted by molar-refractivity contribution is 9.10. The average molecular weight is 362 g/mol. The van der Waals surface area contributed by atoms with E-state index >= 15 is 0 Å². The normalized spacial score (nSPS) is 15.8. The molecule has 1 aromatic rings. The highest BCUT2D eigenvalue weighted by atomic mass is 79.9. The second kappa shape index (κ2) is 8.01. The van der Waals surface area contributed by atoms with E-state index in [0.29, 0.717) is 6.42 Å². The lowest BCUT2D eigenvalue weighted by molar-refractivity contribution is -0.132. The Bertz CT molecular complexity index is 459. The number of nitrogens with zero attached hydrogens (tertiary/aromatic N) is 1. The summed E-state index contributed by atoms with van der Waals surface area (Å²) < 4.78 is 1.12. The van der Waals surface area contributed by atoms with Crippen molar-refractivity contribution < 1.29 is 4.79 Å². The van der Waals surface area contributed by atoms with Crippen LogP contribution >= 0.6 is 28.3 Å². The number of carbonyl (C=O) groups excluding carboxylic acids is 1. The Hall–Kier alpha value is -0.580. The predicted octanol–water partition coefficient (Wildman–Crippen LogP) is 3.06. The maximum atomic E-state index is 12.1. The molecule has 0 saturated carbocycles. The zero-order chi connectivity index (χ0) is 13.8. The molecule has 1 saturated heterocycles. The van der Waals surface area contributed by atoms with Gasteiger partial charge in [-0.1, -0.05) is 28.1 Å². The Morgan fingerprint density at radius 1 is 1.40 bits per heavy atom. The average Bonchev–Trinajstić information content (AvgIpc) is 2.40. The Balaban J connectivity index is 0.00000200. The van der Waals surface area contributed by atoms with Gasteiger partial charge in [0.1, 0.15) is 0 Å². The molecule has 2 N–H and O–H groups in total. The molecule has 1 amide bonds. The SMILES string of the molecule is Cc1cc(CCC(=O)N2CCC(N)CC2)ccc1Br.Cl. The van der Waals surface area contributed by atoms with E-state index < -0.39 is 0 Å². The molecule has 5 heteroatoms. The second-order valence-electron chi connectivity index (χ2n) is 5.30. The van der Waals surface area contributed by atoms with Gasteiger partial charge in [0.25, 0.3) is 0 Å². The van der Waals surface area contributed by atoms with Crippen LogP contribution < -0.4 is 5.73 Å². The number of rotatable bonds is 3. The van der Waals surface area contributed by atoms with E-state index in [2.05, 4.69) is 41.1 Å². The lowest BCUT2D eigenvalue weighted by atomic mass is 10.0. The number of aryl methyl sites for hydroxylation is 2. The molecule has 0 aromatic heterocycles. The Kier molecular flexibility index (Phi) is 7.00. The summed E-state index contributed by atoms with van der Waals surface area (Å²) in [7, 11) is 0. The maximum absolute atomic E-state index is 12.1. The summed E-state index contributed by atoms with van der Waals surface area (Å²) >= 11 is 3.49. The number of halogens is 2. The fourth-order valence-electron chi connectivity index (χ4n) is 2.42. The molecule has 3 nitrogen and oxygen atoms in total. The first-order chi connectivity index (χ1) is 9.06. The summed E-state index contributed by atoms with van der Waals surface area (Å²) in [5.74, 6) is 0.257. The third kappa shape index (κ3) is 4.76. The van der Waals surface area contributed by atoms with Crippen molar-refractivity contribution in [3.05, 3.63) is 33.8 Å². The van der Waals surface area contributed by atoms with Crippen LogP contribution in [0.5, 0.6) is 0 Å². The first-order valence-corrected chi connectivity index (χ1v) is 7.64. The van der Waals surface area contributed by atoms with Gasteiger partial charge < -0.3 is 10.6 Å². The first-order valence-electron chi connectivity index (χ1n) is 6.84. The van der Waals surface area contributed by atoms with Crippen LogP contribution in [0.3, 0.4) is 0 Å². The quantitative estimate of drug-likeness (QED) is 0.899. The lowest BCUT2D eigenvalue weighted by Gasteiger charge is -2.30. The van der Waals surface area contributed by atoms with E-state index in [1.54, 1.807) is 0 Å². The van der Waals surface area contributed by atoms with E-state index in [0.717, 1.165) is 36.8 Å². The number of hydrogen-bond donors (Lipinski definition) is 1. The van der Waals surface area contributed by atoms with Crippen LogP contribution in [0, 0.1) is 6.92 Å². The third-order valence-corrected chi connectivity index (χ3v) is 4.63. The van der Waals surface area contributed by atoms with E-state index in [4.69, 9.17) is 5.73 Å². The number of nitrogens with two attached hydrogens (primary N) is 1. The van der Waals surface area contributed by atoms with Gasteiger partial charge in [-0.05, 0) is 43.4 Å². The van der Waals surface area contributed by atoms with Crippen LogP contribution in [-0.4, -0.2) is 29.9 Å². The lowest BCUT2D eigenvalue weighted by Crippen LogP contribution is -2.42. The molecule has 1 heterocycles. The van der Waals surface area contributed by atoms with Crippen LogP contribution in [-0.2, 0) is 11.2 Å². The largest absolute Gasteiger partial charge is 0.343 e. The van der Waals surface area contributed by atoms with E-state index in [9.17, 15) is 4.79 Å². The van der Waals surface area contributed by atoms with Gasteiger partial charge in [-0.15, -0.1) is 12.4 Å². The Morgan fingerprint density at radius 3 is 2.65 bits per heavy atom. The van der Waals surface area contributed by atoms with Crippen molar-refractivity contribution in [2.75, 3.05) is 13.1 Å². The Labute approximate surface area is 135 Å². The number of amides is 1. The van der Waals surface area contributed by atoms with Crippen LogP contribution in [0.15, 0.2) is 22.7 Å². The predicted molar refractivity (Wildman–Crippen MR) is 88.2 cm³/mol. The fourth-order valence-corrected chi connectivity index (χ4v) is 2.67. The molecule has 0 bridgehead atoms. The van der Waals surface area contributed by atoms with Gasteiger partial charge in [-0.2, -0.15) is 0 Å². The van der Waals surface area contributed by atoms with Crippen molar-refractivity contribution in [1.29, 1.82) is 0 Å². The van der Waals surface area contributed by atoms with Crippen LogP contribution in [0.25, 0.3) is 0 Å². The summed E-state index contributed by atoms with van der Waals surface area (Å²) in [6.45, 7) is 3.71. The molecule has 1 fully saturated rings. The van der Waals surface area contributed by atoms with Crippen molar-refractivity contribution in [2.24, 2.45) is 5.73 Å². The van der Waals surface area contributed by atoms with Gasteiger partial charge >= 0.3 is 0 Å². The summed E-state index contributed by atoms with van der Waals surface area (Å²) in [6, 6.07) is 6.55. The molecule has 0 atom stereocenters. The van der Waals surface area contributed by atoms with Crippen LogP contribution in [0.4, 0.5) is 0 Å². The van der Waals surface area contributed by atoms with Crippen molar-refractivity contribution in [1.82, 2.24) is 4.90 Å². The molecule has 20 heavy (non-hydrogen) atoms. The first kappa shape index (κ1) is 17.5. The summed E-state index contributed by atoms with van der Waals surface area (Å²) in [5.41, 5.74) is 8.29. The maximum Gasteiger partial charge on any atom is 0.222 e. The molecule has 112 valence electrons. The van der Waals surface area contributed by atoms with Gasteiger partial charge in [0.2, 0.25) is 5.91 Å². The fraction of sp³-hybridized carbons (Fsp3) is 0.533. The highest BCUT2D eigenvalue weighted by Crippen LogP contribution is 2.18. The van der Waals surface area contributed by atoms with E-state index in [1.807, 2.05) is 4.90 Å². The minimum absolute atomic E-state index is 0. The highest BCUT2D eigenvalue weighted by Gasteiger charge is 2.20. The number of piperidine rings is 1. The van der Waals surface area contributed by atoms with Crippen LogP contribution in [0.2, 0.25) is 0 Å². The number of carbonyl (C=O) groups is 1. The smallest absolute Gasteiger partial charge is 0.222 e. The minimum Gasteiger partial charge on any atom is -0.343 e. The molecular formula is C15H22BrClN2O. The summed E-state index contributed by atoms with van der Waals surface area (Å²) in [4.78, 5) is 14.1. The van der Waals surface area contributed by atoms with Crippen LogP contribution in [0.1, 0.15) is 30.4 Å². The third-order valence-electron chi connectivity index (χ3n) is 3.74. The molecule has 1 aromatic carbocycles. The van der Waals surface area contributed by atoms with Crippen molar-refractivity contribution in [2.45, 2.75) is 38.6 Å². The van der Waals surface area contributed by atoms with Gasteiger partial charge in [0, 0.05) is 30.0 Å². The zero-order valence-corrected chi connectivity index (χ0v) is 14.2. The number of benzene rings is 1. The molecule has 1 aliphatic rings. The second-order valence-corrected chi connectivity index (χ2v) is 6.16. The summed E-state index contributed by atoms with van der Waals surface area (Å²) in [6.07, 6.45) is 3.28. The Morgan fingerprint density at radius 2 is 2.05 bits per heavy atom. The topological polar surface area (TPSA) is 46.3 Å². The molecular weight excluding hydrogens is 340 g/mol. The number of likely N-dealkylation sites (tertiary alicyclic amines) is 1. The number of hydrogen-bond acceptors (Lipinski definition) is 2. The summed E-state index contributed by atoms with van der Waals surface area (Å²) in [5, 5.41) is 0. The molecule has 0 spiro atoms. The van der Waals surface area contributed by atoms with Crippen molar-refractivity contribution in [3.8, 4) is 0 Å². The monoisotopic (exact) mass is 360 g/mol. The molecule has 0 radical (unpaired) electrons. The molecule has 1 aliphatic heterocycles. The van der Waals surface area contributed by atoms with Gasteiger partial charge in [-0.25, -0.2) is 0 Å². The molecule has 0 unspecified atom stereocenters. The van der Waals surface area contributed by atoms with Gasteiger partial charge in [0.15, 0.2) is 0 Å². The zero-order valence-electron chi connectivity index (χ0n) is 11.8. The van der Waals surface area contributed by atoms with E-state index in [1.165, 1.54) is 11.1 Å². The van der Waals surface area contributed by atoms with Crippen molar-refractivity contribution >= 4 is 34.2 Å².